The number of nitrogens with zero attached hydrogens (tertiary/aromatic N) is 2. The Hall–Kier alpha value is -3.56. The van der Waals surface area contributed by atoms with Gasteiger partial charge in [0, 0.05) is 0 Å². The molecule has 0 saturated carbocycles. The van der Waals surface area contributed by atoms with E-state index in [1.807, 2.05) is 0 Å². The molecule has 2 N–H and O–H groups in total. The molecule has 0 aromatic heterocycles. The van der Waals surface area contributed by atoms with Gasteiger partial charge in [-0.25, -0.2) is 0 Å². The molecule has 0 radical (unpaired) electrons. The Morgan fingerprint density at radius 1 is 0.677 bits per heavy atom. The van der Waals surface area contributed by atoms with Gasteiger partial charge in [-0.2, -0.15) is 0 Å². The number of hydrogen-bond acceptors (Lipinski definition) is 7. The van der Waals surface area contributed by atoms with Gasteiger partial charge in [-0.15, -0.1) is 0 Å². The normalized spacial score (nSPS) is 17.2. The minimum absolute atomic E-state index is 0.165. The predicted octanol–water partition coefficient (Wildman–Crippen LogP) is 1.43. The molecule has 0 saturated heterocycles. The number of ether oxygens (including phenoxy) is 1. The molecule has 4 rings (SSSR count). The zero-order valence-electron chi connectivity index (χ0n) is 16.9. The highest BCUT2D eigenvalue weighted by Gasteiger charge is 2.40. The Balaban J connectivity index is 1.61. The minimum atomic E-state index is -0.652. The average molecular weight is 424 g/mol. The van der Waals surface area contributed by atoms with E-state index < -0.39 is 35.7 Å². The van der Waals surface area contributed by atoms with E-state index in [1.54, 1.807) is 13.8 Å². The van der Waals surface area contributed by atoms with Crippen LogP contribution in [0, 0.1) is 0 Å². The van der Waals surface area contributed by atoms with E-state index in [-0.39, 0.29) is 47.0 Å². The van der Waals surface area contributed by atoms with Crippen molar-refractivity contribution in [2.24, 2.45) is 0 Å². The number of carbonyl (C=O) groups excluding carboxylic acids is 4. The monoisotopic (exact) mass is 424 g/mol. The fraction of sp³-hybridized carbons (Fsp3) is 0.273. The third kappa shape index (κ3) is 3.18. The van der Waals surface area contributed by atoms with Crippen LogP contribution in [0.4, 0.5) is 0 Å². The molecule has 0 aliphatic carbocycles. The van der Waals surface area contributed by atoms with Gasteiger partial charge in [0.05, 0.1) is 47.6 Å². The summed E-state index contributed by atoms with van der Waals surface area (Å²) in [5, 5.41) is 18.6. The molecule has 0 spiro atoms. The molecule has 2 heterocycles. The van der Waals surface area contributed by atoms with E-state index in [0.717, 1.165) is 9.80 Å². The summed E-state index contributed by atoms with van der Waals surface area (Å²) in [7, 11) is 0. The second-order valence-electron chi connectivity index (χ2n) is 7.54. The van der Waals surface area contributed by atoms with Gasteiger partial charge in [-0.1, -0.05) is 0 Å². The van der Waals surface area contributed by atoms with Gasteiger partial charge < -0.3 is 14.9 Å². The molecule has 160 valence electrons. The number of aliphatic hydroxyl groups is 2. The second-order valence-corrected chi connectivity index (χ2v) is 7.54. The van der Waals surface area contributed by atoms with E-state index in [4.69, 9.17) is 4.74 Å². The number of amides is 4. The quantitative estimate of drug-likeness (QED) is 0.672. The van der Waals surface area contributed by atoms with Gasteiger partial charge in [-0.3, -0.25) is 29.0 Å². The summed E-state index contributed by atoms with van der Waals surface area (Å²) in [6, 6.07) is 7.56. The molecule has 2 aliphatic rings. The number of carbonyl (C=O) groups is 4. The summed E-state index contributed by atoms with van der Waals surface area (Å²) in [5.41, 5.74) is 0.776. The molecule has 2 aromatic rings. The lowest BCUT2D eigenvalue weighted by molar-refractivity contribution is 0.0524. The van der Waals surface area contributed by atoms with Crippen LogP contribution in [0.5, 0.6) is 11.5 Å². The molecule has 2 aromatic carbocycles. The molecule has 2 unspecified atom stereocenters. The van der Waals surface area contributed by atoms with E-state index in [1.165, 1.54) is 36.4 Å². The Labute approximate surface area is 177 Å². The summed E-state index contributed by atoms with van der Waals surface area (Å²) >= 11 is 0. The van der Waals surface area contributed by atoms with Gasteiger partial charge in [0.1, 0.15) is 11.5 Å². The van der Waals surface area contributed by atoms with Crippen LogP contribution in [-0.2, 0) is 0 Å². The third-order valence-corrected chi connectivity index (χ3v) is 5.42. The van der Waals surface area contributed by atoms with Crippen LogP contribution in [0.1, 0.15) is 55.3 Å². The maximum absolute atomic E-state index is 12.6. The van der Waals surface area contributed by atoms with Gasteiger partial charge >= 0.3 is 0 Å². The zero-order valence-corrected chi connectivity index (χ0v) is 16.9. The molecule has 0 fully saturated rings. The van der Waals surface area contributed by atoms with E-state index >= 15 is 0 Å². The lowest BCUT2D eigenvalue weighted by Crippen LogP contribution is -2.40. The van der Waals surface area contributed by atoms with E-state index in [0.29, 0.717) is 0 Å². The first-order chi connectivity index (χ1) is 14.8. The maximum Gasteiger partial charge on any atom is 0.262 e. The van der Waals surface area contributed by atoms with Gasteiger partial charge in [0.2, 0.25) is 0 Å². The first kappa shape index (κ1) is 20.7. The van der Waals surface area contributed by atoms with Crippen molar-refractivity contribution < 1.29 is 34.1 Å². The van der Waals surface area contributed by atoms with Crippen LogP contribution >= 0.6 is 0 Å². The lowest BCUT2D eigenvalue weighted by atomic mass is 10.1. The predicted molar refractivity (Wildman–Crippen MR) is 107 cm³/mol. The summed E-state index contributed by atoms with van der Waals surface area (Å²) < 4.78 is 5.78. The van der Waals surface area contributed by atoms with Crippen molar-refractivity contribution in [1.82, 2.24) is 9.80 Å². The SMILES string of the molecule is CC(CO)N1C(=O)c2ccc(Oc3ccc4c(c3)C(=O)N(C(C)CO)C4=O)cc2C1=O. The Kier molecular flexibility index (Phi) is 5.08. The molecule has 2 aliphatic heterocycles. The first-order valence-corrected chi connectivity index (χ1v) is 9.72. The van der Waals surface area contributed by atoms with Crippen molar-refractivity contribution in [2.75, 3.05) is 13.2 Å². The largest absolute Gasteiger partial charge is 0.457 e. The van der Waals surface area contributed by atoms with Crippen molar-refractivity contribution >= 4 is 23.6 Å². The molecular weight excluding hydrogens is 404 g/mol. The molecule has 31 heavy (non-hydrogen) atoms. The fourth-order valence-electron chi connectivity index (χ4n) is 3.70. The van der Waals surface area contributed by atoms with Crippen LogP contribution in [0.3, 0.4) is 0 Å². The van der Waals surface area contributed by atoms with Crippen LogP contribution in [-0.4, -0.2) is 68.9 Å². The van der Waals surface area contributed by atoms with Crippen molar-refractivity contribution in [3.63, 3.8) is 0 Å². The number of fused-ring (bicyclic) bond motifs is 2. The summed E-state index contributed by atoms with van der Waals surface area (Å²) in [5.74, 6) is -1.45. The third-order valence-electron chi connectivity index (χ3n) is 5.42. The average Bonchev–Trinajstić information content (AvgIpc) is 3.16. The standard InChI is InChI=1S/C22H20N2O7/c1-11(9-25)23-19(27)15-5-3-13(7-17(15)21(23)29)31-14-4-6-16-18(8-14)22(30)24(20(16)28)12(2)10-26/h3-8,11-12,25-26H,9-10H2,1-2H3. The molecular formula is C22H20N2O7. The maximum atomic E-state index is 12.6. The topological polar surface area (TPSA) is 124 Å². The highest BCUT2D eigenvalue weighted by atomic mass is 16.5. The van der Waals surface area contributed by atoms with E-state index in [9.17, 15) is 29.4 Å². The molecule has 0 bridgehead atoms. The van der Waals surface area contributed by atoms with Crippen LogP contribution in [0.15, 0.2) is 36.4 Å². The molecule has 2 atom stereocenters. The van der Waals surface area contributed by atoms with E-state index in [2.05, 4.69) is 0 Å². The lowest BCUT2D eigenvalue weighted by Gasteiger charge is -2.19. The van der Waals surface area contributed by atoms with Crippen molar-refractivity contribution in [1.29, 1.82) is 0 Å². The van der Waals surface area contributed by atoms with Gasteiger partial charge in [0.25, 0.3) is 23.6 Å². The molecule has 9 nitrogen and oxygen atoms in total. The highest BCUT2D eigenvalue weighted by molar-refractivity contribution is 6.22. The number of imide groups is 2. The van der Waals surface area contributed by atoms with Crippen LogP contribution in [0.2, 0.25) is 0 Å². The van der Waals surface area contributed by atoms with Crippen LogP contribution in [0.25, 0.3) is 0 Å². The Morgan fingerprint density at radius 2 is 1.03 bits per heavy atom. The van der Waals surface area contributed by atoms with Gasteiger partial charge in [-0.05, 0) is 50.2 Å². The van der Waals surface area contributed by atoms with Crippen LogP contribution < -0.4 is 4.74 Å². The Bertz CT molecular complexity index is 1040. The highest BCUT2D eigenvalue weighted by Crippen LogP contribution is 2.33. The van der Waals surface area contributed by atoms with Crippen molar-refractivity contribution in [3.8, 4) is 11.5 Å². The minimum Gasteiger partial charge on any atom is -0.457 e. The smallest absolute Gasteiger partial charge is 0.262 e. The summed E-state index contributed by atoms with van der Waals surface area (Å²) in [4.78, 5) is 52.1. The number of rotatable bonds is 6. The zero-order chi connectivity index (χ0) is 22.4. The Morgan fingerprint density at radius 3 is 1.39 bits per heavy atom. The van der Waals surface area contributed by atoms with Crippen molar-refractivity contribution in [3.05, 3.63) is 58.7 Å². The summed E-state index contributed by atoms with van der Waals surface area (Å²) in [6.07, 6.45) is 0. The fourth-order valence-corrected chi connectivity index (χ4v) is 3.70. The number of benzene rings is 2. The second kappa shape index (κ2) is 7.60. The first-order valence-electron chi connectivity index (χ1n) is 9.72. The molecule has 9 heteroatoms. The van der Waals surface area contributed by atoms with Crippen molar-refractivity contribution in [2.45, 2.75) is 25.9 Å². The summed E-state index contributed by atoms with van der Waals surface area (Å²) in [6.45, 7) is 2.46. The number of aliphatic hydroxyl groups excluding tert-OH is 2. The molecule has 4 amide bonds. The van der Waals surface area contributed by atoms with Gasteiger partial charge in [0.15, 0.2) is 0 Å². The number of hydrogen-bond donors (Lipinski definition) is 2.